The number of aromatic nitrogens is 1. The normalized spacial score (nSPS) is 11.6. The van der Waals surface area contributed by atoms with Gasteiger partial charge >= 0.3 is 0 Å². The van der Waals surface area contributed by atoms with Gasteiger partial charge in [-0.2, -0.15) is 0 Å². The Hall–Kier alpha value is -2.96. The zero-order valence-corrected chi connectivity index (χ0v) is 15.9. The van der Waals surface area contributed by atoms with E-state index in [1.165, 1.54) is 48.7 Å². The second-order valence-electron chi connectivity index (χ2n) is 6.14. The number of phenols is 1. The predicted octanol–water partition coefficient (Wildman–Crippen LogP) is 5.23. The van der Waals surface area contributed by atoms with Crippen molar-refractivity contribution in [1.82, 2.24) is 4.98 Å². The van der Waals surface area contributed by atoms with Gasteiger partial charge in [-0.25, -0.2) is 12.8 Å². The van der Waals surface area contributed by atoms with Crippen LogP contribution in [0.1, 0.15) is 0 Å². The highest BCUT2D eigenvalue weighted by Crippen LogP contribution is 2.33. The summed E-state index contributed by atoms with van der Waals surface area (Å²) in [6, 6.07) is 16.4. The third-order valence-electron chi connectivity index (χ3n) is 4.40. The Morgan fingerprint density at radius 1 is 0.929 bits per heavy atom. The number of benzene rings is 3. The highest BCUT2D eigenvalue weighted by atomic mass is 35.5. The summed E-state index contributed by atoms with van der Waals surface area (Å²) in [5.41, 5.74) is 1.40. The van der Waals surface area contributed by atoms with E-state index in [4.69, 9.17) is 11.6 Å². The molecule has 4 nitrogen and oxygen atoms in total. The Labute approximate surface area is 165 Å². The minimum atomic E-state index is -3.89. The Balaban J connectivity index is 1.88. The molecule has 3 aromatic carbocycles. The first kappa shape index (κ1) is 18.4. The van der Waals surface area contributed by atoms with Gasteiger partial charge in [-0.1, -0.05) is 29.8 Å². The minimum absolute atomic E-state index is 0.0404. The summed E-state index contributed by atoms with van der Waals surface area (Å²) in [6.07, 6.45) is 1.48. The highest BCUT2D eigenvalue weighted by molar-refractivity contribution is 7.91. The van der Waals surface area contributed by atoms with Gasteiger partial charge in [-0.15, -0.1) is 0 Å². The largest absolute Gasteiger partial charge is 0.506 e. The number of hydrogen-bond donors (Lipinski definition) is 1. The van der Waals surface area contributed by atoms with Gasteiger partial charge in [0, 0.05) is 11.6 Å². The van der Waals surface area contributed by atoms with Crippen LogP contribution < -0.4 is 0 Å². The van der Waals surface area contributed by atoms with E-state index in [0.717, 1.165) is 0 Å². The Bertz CT molecular complexity index is 1320. The Kier molecular flexibility index (Phi) is 4.53. The molecule has 0 fully saturated rings. The average Bonchev–Trinajstić information content (AvgIpc) is 2.70. The molecule has 0 saturated carbocycles. The standard InChI is InChI=1S/C21H13ClFNO3S/c22-17-12-14(6-7-18(17)23)13-3-1-4-15(11-13)28(26,27)20-9-8-19(25)21-16(20)5-2-10-24-21/h1-12,25H. The number of aromatic hydroxyl groups is 1. The third-order valence-corrected chi connectivity index (χ3v) is 6.49. The van der Waals surface area contributed by atoms with Crippen molar-refractivity contribution in [3.8, 4) is 16.9 Å². The lowest BCUT2D eigenvalue weighted by molar-refractivity contribution is 0.480. The smallest absolute Gasteiger partial charge is 0.207 e. The van der Waals surface area contributed by atoms with Crippen LogP contribution in [0, 0.1) is 5.82 Å². The average molecular weight is 414 g/mol. The van der Waals surface area contributed by atoms with E-state index >= 15 is 0 Å². The molecule has 1 heterocycles. The first-order chi connectivity index (χ1) is 13.4. The van der Waals surface area contributed by atoms with Crippen molar-refractivity contribution < 1.29 is 17.9 Å². The lowest BCUT2D eigenvalue weighted by Gasteiger charge is -2.11. The molecular weight excluding hydrogens is 401 g/mol. The van der Waals surface area contributed by atoms with Gasteiger partial charge in [0.2, 0.25) is 9.84 Å². The molecule has 4 aromatic rings. The van der Waals surface area contributed by atoms with Crippen molar-refractivity contribution >= 4 is 32.3 Å². The molecule has 0 amide bonds. The number of halogens is 2. The first-order valence-corrected chi connectivity index (χ1v) is 10.1. The second-order valence-corrected chi connectivity index (χ2v) is 8.47. The molecule has 0 spiro atoms. The minimum Gasteiger partial charge on any atom is -0.506 e. The summed E-state index contributed by atoms with van der Waals surface area (Å²) in [4.78, 5) is 4.18. The van der Waals surface area contributed by atoms with Crippen molar-refractivity contribution in [2.24, 2.45) is 0 Å². The number of phenolic OH excluding ortho intramolecular Hbond substituents is 1. The number of rotatable bonds is 3. The summed E-state index contributed by atoms with van der Waals surface area (Å²) in [6.45, 7) is 0. The van der Waals surface area contributed by atoms with Gasteiger partial charge in [0.1, 0.15) is 17.1 Å². The monoisotopic (exact) mass is 413 g/mol. The maximum Gasteiger partial charge on any atom is 0.207 e. The van der Waals surface area contributed by atoms with Gasteiger partial charge in [0.25, 0.3) is 0 Å². The lowest BCUT2D eigenvalue weighted by atomic mass is 10.1. The van der Waals surface area contributed by atoms with E-state index in [1.54, 1.807) is 24.3 Å². The molecule has 1 N–H and O–H groups in total. The fraction of sp³-hybridized carbons (Fsp3) is 0. The topological polar surface area (TPSA) is 67.3 Å². The van der Waals surface area contributed by atoms with Crippen LogP contribution in [0.4, 0.5) is 4.39 Å². The van der Waals surface area contributed by atoms with E-state index in [0.29, 0.717) is 16.5 Å². The Morgan fingerprint density at radius 2 is 1.71 bits per heavy atom. The quantitative estimate of drug-likeness (QED) is 0.499. The summed E-state index contributed by atoms with van der Waals surface area (Å²) < 4.78 is 40.0. The van der Waals surface area contributed by atoms with Gasteiger partial charge < -0.3 is 5.11 Å². The zero-order valence-electron chi connectivity index (χ0n) is 14.3. The van der Waals surface area contributed by atoms with E-state index in [-0.39, 0.29) is 26.1 Å². The highest BCUT2D eigenvalue weighted by Gasteiger charge is 2.22. The van der Waals surface area contributed by atoms with Gasteiger partial charge in [0.15, 0.2) is 0 Å². The molecule has 7 heteroatoms. The Morgan fingerprint density at radius 3 is 2.50 bits per heavy atom. The molecule has 28 heavy (non-hydrogen) atoms. The molecule has 0 atom stereocenters. The van der Waals surface area contributed by atoms with Gasteiger partial charge in [0.05, 0.1) is 14.8 Å². The maximum absolute atomic E-state index is 13.4. The molecule has 140 valence electrons. The van der Waals surface area contributed by atoms with Crippen molar-refractivity contribution in [2.45, 2.75) is 9.79 Å². The SMILES string of the molecule is O=S(=O)(c1cccc(-c2ccc(F)c(Cl)c2)c1)c1ccc(O)c2ncccc12. The number of hydrogen-bond acceptors (Lipinski definition) is 4. The summed E-state index contributed by atoms with van der Waals surface area (Å²) in [5, 5.41) is 10.3. The van der Waals surface area contributed by atoms with Crippen molar-refractivity contribution in [1.29, 1.82) is 0 Å². The zero-order chi connectivity index (χ0) is 19.9. The predicted molar refractivity (Wildman–Crippen MR) is 106 cm³/mol. The molecule has 0 aliphatic rings. The van der Waals surface area contributed by atoms with Crippen LogP contribution >= 0.6 is 11.6 Å². The number of fused-ring (bicyclic) bond motifs is 1. The molecule has 0 saturated heterocycles. The number of nitrogens with zero attached hydrogens (tertiary/aromatic N) is 1. The first-order valence-electron chi connectivity index (χ1n) is 8.25. The molecule has 0 aliphatic heterocycles. The molecular formula is C21H13ClFNO3S. The van der Waals surface area contributed by atoms with Crippen molar-refractivity contribution in [2.75, 3.05) is 0 Å². The van der Waals surface area contributed by atoms with E-state index in [1.807, 2.05) is 0 Å². The summed E-state index contributed by atoms with van der Waals surface area (Å²) >= 11 is 5.85. The summed E-state index contributed by atoms with van der Waals surface area (Å²) in [7, 11) is -3.89. The lowest BCUT2D eigenvalue weighted by Crippen LogP contribution is -2.03. The van der Waals surface area contributed by atoms with Crippen molar-refractivity contribution in [3.63, 3.8) is 0 Å². The summed E-state index contributed by atoms with van der Waals surface area (Å²) in [5.74, 6) is -0.637. The van der Waals surface area contributed by atoms with E-state index in [9.17, 15) is 17.9 Å². The molecule has 0 bridgehead atoms. The number of pyridine rings is 1. The van der Waals surface area contributed by atoms with Crippen LogP contribution in [-0.2, 0) is 9.84 Å². The molecule has 0 radical (unpaired) electrons. The molecule has 4 rings (SSSR count). The van der Waals surface area contributed by atoms with E-state index in [2.05, 4.69) is 4.98 Å². The fourth-order valence-electron chi connectivity index (χ4n) is 3.01. The van der Waals surface area contributed by atoms with E-state index < -0.39 is 15.7 Å². The molecule has 0 unspecified atom stereocenters. The molecule has 0 aliphatic carbocycles. The van der Waals surface area contributed by atoms with Crippen LogP contribution in [0.5, 0.6) is 5.75 Å². The fourth-order valence-corrected chi connectivity index (χ4v) is 4.69. The number of sulfone groups is 1. The van der Waals surface area contributed by atoms with Gasteiger partial charge in [-0.05, 0) is 59.7 Å². The van der Waals surface area contributed by atoms with Crippen LogP contribution in [0.2, 0.25) is 5.02 Å². The van der Waals surface area contributed by atoms with Crippen LogP contribution in [0.15, 0.2) is 82.7 Å². The van der Waals surface area contributed by atoms with Crippen LogP contribution in [0.25, 0.3) is 22.0 Å². The van der Waals surface area contributed by atoms with Crippen molar-refractivity contribution in [3.05, 3.63) is 83.8 Å². The maximum atomic E-state index is 13.4. The van der Waals surface area contributed by atoms with Crippen LogP contribution in [0.3, 0.4) is 0 Å². The molecule has 1 aromatic heterocycles. The van der Waals surface area contributed by atoms with Gasteiger partial charge in [-0.3, -0.25) is 4.98 Å². The third kappa shape index (κ3) is 3.10. The second kappa shape index (κ2) is 6.89. The van der Waals surface area contributed by atoms with Crippen LogP contribution in [-0.4, -0.2) is 18.5 Å².